The summed E-state index contributed by atoms with van der Waals surface area (Å²) in [6.45, 7) is 9.75. The highest BCUT2D eigenvalue weighted by atomic mass is 32.2. The number of piperazine rings is 1. The van der Waals surface area contributed by atoms with Gasteiger partial charge in [-0.15, -0.1) is 0 Å². The summed E-state index contributed by atoms with van der Waals surface area (Å²) < 4.78 is 5.25. The van der Waals surface area contributed by atoms with E-state index in [0.29, 0.717) is 4.91 Å². The molecule has 2 aliphatic heterocycles. The molecular formula is C25H30N4O2S. The second-order valence-corrected chi connectivity index (χ2v) is 8.76. The summed E-state index contributed by atoms with van der Waals surface area (Å²) in [7, 11) is 1.68. The summed E-state index contributed by atoms with van der Waals surface area (Å²) in [5.74, 6) is 0.722. The van der Waals surface area contributed by atoms with Crippen LogP contribution in [0.3, 0.4) is 0 Å². The molecule has 6 nitrogen and oxygen atoms in total. The monoisotopic (exact) mass is 450 g/mol. The first-order valence-corrected chi connectivity index (χ1v) is 11.9. The number of carbonyl (C=O) groups excluding carboxylic acids is 1. The lowest BCUT2D eigenvalue weighted by Gasteiger charge is -2.36. The Balaban J connectivity index is 1.36. The standard InChI is InChI=1S/C25H30N4O2S/c1-4-27(5-2)20-8-6-19(7-9-20)18-23-24(30)26-25(32-23)29-16-14-28(15-17-29)21-10-12-22(31-3)13-11-21/h6-13,18H,4-5,14-17H2,1-3H3/b23-18-. The van der Waals surface area contributed by atoms with Crippen LogP contribution < -0.4 is 14.5 Å². The van der Waals surface area contributed by atoms with Crippen LogP contribution in [0.5, 0.6) is 5.75 Å². The van der Waals surface area contributed by atoms with Crippen molar-refractivity contribution >= 4 is 40.3 Å². The summed E-state index contributed by atoms with van der Waals surface area (Å²) in [6, 6.07) is 16.5. The van der Waals surface area contributed by atoms with Crippen LogP contribution in [0.4, 0.5) is 11.4 Å². The summed E-state index contributed by atoms with van der Waals surface area (Å²) in [4.78, 5) is 24.4. The number of amides is 1. The van der Waals surface area contributed by atoms with Gasteiger partial charge in [0.05, 0.1) is 12.0 Å². The predicted octanol–water partition coefficient (Wildman–Crippen LogP) is 4.33. The first-order valence-electron chi connectivity index (χ1n) is 11.1. The van der Waals surface area contributed by atoms with Gasteiger partial charge in [-0.2, -0.15) is 4.99 Å². The molecule has 0 N–H and O–H groups in total. The van der Waals surface area contributed by atoms with Crippen LogP contribution in [-0.2, 0) is 4.79 Å². The molecule has 0 saturated carbocycles. The van der Waals surface area contributed by atoms with Crippen LogP contribution in [0.25, 0.3) is 6.08 Å². The van der Waals surface area contributed by atoms with Gasteiger partial charge in [-0.3, -0.25) is 4.79 Å². The zero-order chi connectivity index (χ0) is 22.5. The van der Waals surface area contributed by atoms with Crippen molar-refractivity contribution in [2.75, 3.05) is 56.2 Å². The Morgan fingerprint density at radius 3 is 2.19 bits per heavy atom. The maximum Gasteiger partial charge on any atom is 0.286 e. The number of hydrogen-bond acceptors (Lipinski definition) is 6. The molecule has 0 spiro atoms. The predicted molar refractivity (Wildman–Crippen MR) is 135 cm³/mol. The maximum absolute atomic E-state index is 12.5. The third kappa shape index (κ3) is 4.93. The highest BCUT2D eigenvalue weighted by molar-refractivity contribution is 8.18. The molecule has 0 unspecified atom stereocenters. The Bertz CT molecular complexity index is 990. The summed E-state index contributed by atoms with van der Waals surface area (Å²) in [5, 5.41) is 0.815. The normalized spacial score (nSPS) is 17.7. The van der Waals surface area contributed by atoms with E-state index in [9.17, 15) is 4.79 Å². The fourth-order valence-electron chi connectivity index (χ4n) is 4.00. The summed E-state index contributed by atoms with van der Waals surface area (Å²) >= 11 is 1.48. The Hall–Kier alpha value is -2.93. The van der Waals surface area contributed by atoms with Crippen molar-refractivity contribution in [2.24, 2.45) is 4.99 Å². The first-order chi connectivity index (χ1) is 15.6. The molecule has 4 rings (SSSR count). The molecule has 0 radical (unpaired) electrons. The lowest BCUT2D eigenvalue weighted by atomic mass is 10.2. The minimum absolute atomic E-state index is 0.143. The quantitative estimate of drug-likeness (QED) is 0.611. The van der Waals surface area contributed by atoms with Gasteiger partial charge in [0.2, 0.25) is 0 Å². The van der Waals surface area contributed by atoms with E-state index in [0.717, 1.165) is 55.7 Å². The van der Waals surface area contributed by atoms with E-state index in [2.05, 4.69) is 69.9 Å². The first kappa shape index (κ1) is 22.3. The van der Waals surface area contributed by atoms with Gasteiger partial charge in [-0.05, 0) is 73.6 Å². The Morgan fingerprint density at radius 1 is 0.969 bits per heavy atom. The van der Waals surface area contributed by atoms with E-state index in [4.69, 9.17) is 4.74 Å². The van der Waals surface area contributed by atoms with E-state index in [1.807, 2.05) is 18.2 Å². The molecule has 1 fully saturated rings. The van der Waals surface area contributed by atoms with Gasteiger partial charge in [-0.25, -0.2) is 0 Å². The molecule has 2 aliphatic rings. The molecule has 2 aromatic carbocycles. The lowest BCUT2D eigenvalue weighted by molar-refractivity contribution is -0.113. The van der Waals surface area contributed by atoms with Crippen molar-refractivity contribution in [1.82, 2.24) is 4.90 Å². The number of benzene rings is 2. The van der Waals surface area contributed by atoms with Crippen molar-refractivity contribution in [2.45, 2.75) is 13.8 Å². The SMILES string of the molecule is CCN(CC)c1ccc(/C=C2\SC(N3CCN(c4ccc(OC)cc4)CC3)=NC2=O)cc1. The highest BCUT2D eigenvalue weighted by Gasteiger charge is 2.28. The Kier molecular flexibility index (Phi) is 7.05. The van der Waals surface area contributed by atoms with Crippen molar-refractivity contribution < 1.29 is 9.53 Å². The maximum atomic E-state index is 12.5. The molecule has 32 heavy (non-hydrogen) atoms. The van der Waals surface area contributed by atoms with Gasteiger partial charge < -0.3 is 19.4 Å². The number of ether oxygens (including phenoxy) is 1. The molecule has 1 saturated heterocycles. The Morgan fingerprint density at radius 2 is 1.59 bits per heavy atom. The van der Waals surface area contributed by atoms with Gasteiger partial charge >= 0.3 is 0 Å². The third-order valence-corrected chi connectivity index (χ3v) is 6.96. The molecule has 2 heterocycles. The summed E-state index contributed by atoms with van der Waals surface area (Å²) in [5.41, 5.74) is 3.42. The highest BCUT2D eigenvalue weighted by Crippen LogP contribution is 2.31. The van der Waals surface area contributed by atoms with E-state index >= 15 is 0 Å². The van der Waals surface area contributed by atoms with Gasteiger partial charge in [0.1, 0.15) is 5.75 Å². The molecule has 0 aliphatic carbocycles. The van der Waals surface area contributed by atoms with E-state index in [1.54, 1.807) is 7.11 Å². The number of rotatable bonds is 6. The number of methoxy groups -OCH3 is 1. The largest absolute Gasteiger partial charge is 0.497 e. The molecular weight excluding hydrogens is 420 g/mol. The summed E-state index contributed by atoms with van der Waals surface area (Å²) in [6.07, 6.45) is 1.95. The fourth-order valence-corrected chi connectivity index (χ4v) is 4.97. The van der Waals surface area contributed by atoms with Gasteiger partial charge in [0.25, 0.3) is 5.91 Å². The van der Waals surface area contributed by atoms with Crippen LogP contribution >= 0.6 is 11.8 Å². The number of thioether (sulfide) groups is 1. The fraction of sp³-hybridized carbons (Fsp3) is 0.360. The van der Waals surface area contributed by atoms with Crippen LogP contribution in [0, 0.1) is 0 Å². The molecule has 2 aromatic rings. The zero-order valence-corrected chi connectivity index (χ0v) is 19.8. The van der Waals surface area contributed by atoms with Crippen molar-refractivity contribution in [3.05, 3.63) is 59.0 Å². The zero-order valence-electron chi connectivity index (χ0n) is 19.0. The number of nitrogens with zero attached hydrogens (tertiary/aromatic N) is 4. The Labute approximate surface area is 194 Å². The minimum Gasteiger partial charge on any atom is -0.497 e. The van der Waals surface area contributed by atoms with Crippen molar-refractivity contribution in [3.63, 3.8) is 0 Å². The molecule has 168 valence electrons. The van der Waals surface area contributed by atoms with Gasteiger partial charge in [0, 0.05) is 50.6 Å². The van der Waals surface area contributed by atoms with Crippen molar-refractivity contribution in [1.29, 1.82) is 0 Å². The van der Waals surface area contributed by atoms with E-state index in [1.165, 1.54) is 23.1 Å². The molecule has 7 heteroatoms. The smallest absolute Gasteiger partial charge is 0.286 e. The van der Waals surface area contributed by atoms with Gasteiger partial charge in [-0.1, -0.05) is 12.1 Å². The number of hydrogen-bond donors (Lipinski definition) is 0. The van der Waals surface area contributed by atoms with Gasteiger partial charge in [0.15, 0.2) is 5.17 Å². The third-order valence-electron chi connectivity index (χ3n) is 5.92. The molecule has 0 bridgehead atoms. The number of carbonyl (C=O) groups is 1. The van der Waals surface area contributed by atoms with Crippen LogP contribution in [0.2, 0.25) is 0 Å². The second kappa shape index (κ2) is 10.1. The minimum atomic E-state index is -0.143. The van der Waals surface area contributed by atoms with E-state index in [-0.39, 0.29) is 5.91 Å². The molecule has 0 atom stereocenters. The van der Waals surface area contributed by atoms with E-state index < -0.39 is 0 Å². The topological polar surface area (TPSA) is 48.4 Å². The average molecular weight is 451 g/mol. The molecule has 1 amide bonds. The second-order valence-electron chi connectivity index (χ2n) is 7.75. The van der Waals surface area contributed by atoms with Crippen LogP contribution in [0.1, 0.15) is 19.4 Å². The number of amidine groups is 1. The van der Waals surface area contributed by atoms with Crippen molar-refractivity contribution in [3.8, 4) is 5.75 Å². The lowest BCUT2D eigenvalue weighted by Crippen LogP contribution is -2.47. The average Bonchev–Trinajstić information content (AvgIpc) is 3.21. The van der Waals surface area contributed by atoms with Crippen LogP contribution in [0.15, 0.2) is 58.4 Å². The number of aliphatic imine (C=N–C) groups is 1. The number of anilines is 2. The molecule has 0 aromatic heterocycles. The van der Waals surface area contributed by atoms with Crippen LogP contribution in [-0.4, -0.2) is 62.4 Å².